The van der Waals surface area contributed by atoms with Crippen LogP contribution in [0.1, 0.15) is 44.2 Å². The van der Waals surface area contributed by atoms with Crippen molar-refractivity contribution in [3.8, 4) is 0 Å². The molecular formula is C15H23ClN2O. The van der Waals surface area contributed by atoms with Gasteiger partial charge in [0, 0.05) is 18.5 Å². The van der Waals surface area contributed by atoms with Crippen LogP contribution in [0.25, 0.3) is 0 Å². The van der Waals surface area contributed by atoms with E-state index in [4.69, 9.17) is 17.3 Å². The van der Waals surface area contributed by atoms with E-state index in [1.165, 1.54) is 0 Å². The Kier molecular flexibility index (Phi) is 6.89. The van der Waals surface area contributed by atoms with Gasteiger partial charge in [-0.25, -0.2) is 0 Å². The molecule has 0 aromatic heterocycles. The van der Waals surface area contributed by atoms with Crippen LogP contribution in [-0.4, -0.2) is 24.4 Å². The van der Waals surface area contributed by atoms with Crippen molar-refractivity contribution < 1.29 is 4.79 Å². The monoisotopic (exact) mass is 282 g/mol. The largest absolute Gasteiger partial charge is 0.339 e. The summed E-state index contributed by atoms with van der Waals surface area (Å²) in [6.45, 7) is 2.73. The van der Waals surface area contributed by atoms with E-state index < -0.39 is 0 Å². The van der Waals surface area contributed by atoms with Gasteiger partial charge >= 0.3 is 0 Å². The highest BCUT2D eigenvalue weighted by atomic mass is 35.5. The average molecular weight is 283 g/mol. The van der Waals surface area contributed by atoms with Crippen molar-refractivity contribution in [3.63, 3.8) is 0 Å². The predicted octanol–water partition coefficient (Wildman–Crippen LogP) is 3.38. The predicted molar refractivity (Wildman–Crippen MR) is 80.2 cm³/mol. The van der Waals surface area contributed by atoms with Crippen LogP contribution in [0.2, 0.25) is 5.02 Å². The summed E-state index contributed by atoms with van der Waals surface area (Å²) >= 11 is 5.87. The van der Waals surface area contributed by atoms with Crippen molar-refractivity contribution in [2.75, 3.05) is 13.6 Å². The first-order valence-corrected chi connectivity index (χ1v) is 7.15. The van der Waals surface area contributed by atoms with Crippen LogP contribution in [0.5, 0.6) is 0 Å². The average Bonchev–Trinajstić information content (AvgIpc) is 2.42. The van der Waals surface area contributed by atoms with Gasteiger partial charge in [0.15, 0.2) is 0 Å². The first kappa shape index (κ1) is 16.0. The van der Waals surface area contributed by atoms with Gasteiger partial charge < -0.3 is 10.6 Å². The number of hydrogen-bond acceptors (Lipinski definition) is 2. The Morgan fingerprint density at radius 1 is 1.26 bits per heavy atom. The Morgan fingerprint density at radius 3 is 2.47 bits per heavy atom. The van der Waals surface area contributed by atoms with Gasteiger partial charge in [-0.1, -0.05) is 30.2 Å². The van der Waals surface area contributed by atoms with Crippen molar-refractivity contribution in [1.29, 1.82) is 0 Å². The molecule has 1 amide bonds. The molecule has 0 bridgehead atoms. The van der Waals surface area contributed by atoms with Gasteiger partial charge in [0.25, 0.3) is 0 Å². The second kappa shape index (κ2) is 8.18. The van der Waals surface area contributed by atoms with Crippen LogP contribution in [0.3, 0.4) is 0 Å². The Bertz CT molecular complexity index is 392. The Labute approximate surface area is 120 Å². The van der Waals surface area contributed by atoms with E-state index in [1.54, 1.807) is 4.90 Å². The molecule has 0 aliphatic rings. The number of amides is 1. The van der Waals surface area contributed by atoms with Crippen LogP contribution in [0.15, 0.2) is 24.3 Å². The topological polar surface area (TPSA) is 46.3 Å². The van der Waals surface area contributed by atoms with E-state index in [-0.39, 0.29) is 11.9 Å². The zero-order chi connectivity index (χ0) is 14.3. The molecule has 0 heterocycles. The highest BCUT2D eigenvalue weighted by Gasteiger charge is 2.16. The molecule has 2 N–H and O–H groups in total. The van der Waals surface area contributed by atoms with Gasteiger partial charge in [-0.15, -0.1) is 0 Å². The molecule has 0 aliphatic carbocycles. The highest BCUT2D eigenvalue weighted by molar-refractivity contribution is 6.30. The molecule has 0 saturated heterocycles. The number of nitrogens with two attached hydrogens (primary N) is 1. The fraction of sp³-hybridized carbons (Fsp3) is 0.533. The van der Waals surface area contributed by atoms with Crippen molar-refractivity contribution in [2.24, 2.45) is 5.73 Å². The van der Waals surface area contributed by atoms with Crippen molar-refractivity contribution >= 4 is 17.5 Å². The smallest absolute Gasteiger partial charge is 0.222 e. The summed E-state index contributed by atoms with van der Waals surface area (Å²) in [5, 5.41) is 0.715. The zero-order valence-electron chi connectivity index (χ0n) is 11.7. The van der Waals surface area contributed by atoms with Gasteiger partial charge in [0.2, 0.25) is 5.91 Å². The maximum atomic E-state index is 12.1. The first-order valence-electron chi connectivity index (χ1n) is 6.77. The Morgan fingerprint density at radius 2 is 1.89 bits per heavy atom. The number of hydrogen-bond donors (Lipinski definition) is 1. The summed E-state index contributed by atoms with van der Waals surface area (Å²) < 4.78 is 0. The Hall–Kier alpha value is -1.06. The van der Waals surface area contributed by atoms with Crippen molar-refractivity contribution in [2.45, 2.75) is 38.6 Å². The lowest BCUT2D eigenvalue weighted by Gasteiger charge is -2.25. The lowest BCUT2D eigenvalue weighted by atomic mass is 10.1. The molecule has 4 heteroatoms. The number of halogens is 1. The number of carbonyl (C=O) groups is 1. The summed E-state index contributed by atoms with van der Waals surface area (Å²) in [5.74, 6) is 0.180. The van der Waals surface area contributed by atoms with Crippen LogP contribution < -0.4 is 5.73 Å². The summed E-state index contributed by atoms with van der Waals surface area (Å²) in [7, 11) is 1.85. The van der Waals surface area contributed by atoms with Gasteiger partial charge in [0.1, 0.15) is 0 Å². The molecule has 0 fully saturated rings. The summed E-state index contributed by atoms with van der Waals surface area (Å²) in [5.41, 5.74) is 6.53. The van der Waals surface area contributed by atoms with E-state index in [1.807, 2.05) is 38.2 Å². The third kappa shape index (κ3) is 5.21. The third-order valence-corrected chi connectivity index (χ3v) is 3.67. The highest BCUT2D eigenvalue weighted by Crippen LogP contribution is 2.21. The van der Waals surface area contributed by atoms with E-state index >= 15 is 0 Å². The molecule has 1 rings (SSSR count). The van der Waals surface area contributed by atoms with Gasteiger partial charge in [-0.2, -0.15) is 0 Å². The minimum Gasteiger partial charge on any atom is -0.339 e. The molecule has 19 heavy (non-hydrogen) atoms. The molecule has 0 aliphatic heterocycles. The van der Waals surface area contributed by atoms with Gasteiger partial charge in [-0.05, 0) is 44.0 Å². The minimum absolute atomic E-state index is 0.0688. The molecule has 1 aromatic carbocycles. The number of carbonyl (C=O) groups excluding carboxylic acids is 1. The molecule has 1 aromatic rings. The van der Waals surface area contributed by atoms with Gasteiger partial charge in [0.05, 0.1) is 6.04 Å². The van der Waals surface area contributed by atoms with Crippen molar-refractivity contribution in [1.82, 2.24) is 4.90 Å². The Balaban J connectivity index is 2.49. The first-order chi connectivity index (χ1) is 9.06. The molecule has 3 nitrogen and oxygen atoms in total. The maximum absolute atomic E-state index is 12.1. The summed E-state index contributed by atoms with van der Waals surface area (Å²) in [6.07, 6.45) is 3.51. The standard InChI is InChI=1S/C15H23ClN2O/c1-12(13-7-9-14(16)10-8-13)18(2)15(19)6-4-3-5-11-17/h7-10,12H,3-6,11,17H2,1-2H3. The van der Waals surface area contributed by atoms with Crippen molar-refractivity contribution in [3.05, 3.63) is 34.9 Å². The lowest BCUT2D eigenvalue weighted by Crippen LogP contribution is -2.29. The molecule has 0 spiro atoms. The molecule has 106 valence electrons. The molecular weight excluding hydrogens is 260 g/mol. The molecule has 0 saturated carbocycles. The third-order valence-electron chi connectivity index (χ3n) is 3.42. The van der Waals surface area contributed by atoms with E-state index in [9.17, 15) is 4.79 Å². The van der Waals surface area contributed by atoms with E-state index in [2.05, 4.69) is 0 Å². The molecule has 0 radical (unpaired) electrons. The zero-order valence-corrected chi connectivity index (χ0v) is 12.5. The minimum atomic E-state index is 0.0688. The summed E-state index contributed by atoms with van der Waals surface area (Å²) in [6, 6.07) is 7.70. The van der Waals surface area contributed by atoms with Crippen LogP contribution in [0, 0.1) is 0 Å². The fourth-order valence-corrected chi connectivity index (χ4v) is 2.08. The van der Waals surface area contributed by atoms with Crippen LogP contribution >= 0.6 is 11.6 Å². The quantitative estimate of drug-likeness (QED) is 0.779. The summed E-state index contributed by atoms with van der Waals surface area (Å²) in [4.78, 5) is 13.9. The molecule has 1 atom stereocenters. The van der Waals surface area contributed by atoms with Crippen LogP contribution in [-0.2, 0) is 4.79 Å². The van der Waals surface area contributed by atoms with E-state index in [0.29, 0.717) is 18.0 Å². The number of benzene rings is 1. The SMILES string of the molecule is CC(c1ccc(Cl)cc1)N(C)C(=O)CCCCCN. The number of rotatable bonds is 7. The number of nitrogens with zero attached hydrogens (tertiary/aromatic N) is 1. The van der Waals surface area contributed by atoms with Gasteiger partial charge in [-0.3, -0.25) is 4.79 Å². The molecule has 1 unspecified atom stereocenters. The second-order valence-electron chi connectivity index (χ2n) is 4.83. The number of unbranched alkanes of at least 4 members (excludes halogenated alkanes) is 2. The fourth-order valence-electron chi connectivity index (χ4n) is 1.95. The normalized spacial score (nSPS) is 12.2. The van der Waals surface area contributed by atoms with Crippen LogP contribution in [0.4, 0.5) is 0 Å². The lowest BCUT2D eigenvalue weighted by molar-refractivity contribution is -0.131. The second-order valence-corrected chi connectivity index (χ2v) is 5.27. The van der Waals surface area contributed by atoms with E-state index in [0.717, 1.165) is 24.8 Å². The maximum Gasteiger partial charge on any atom is 0.222 e.